The lowest BCUT2D eigenvalue weighted by atomic mass is 10.1. The summed E-state index contributed by atoms with van der Waals surface area (Å²) in [5, 5.41) is 3.34. The third-order valence-corrected chi connectivity index (χ3v) is 4.41. The van der Waals surface area contributed by atoms with Crippen molar-refractivity contribution in [2.45, 2.75) is 32.8 Å². The maximum absolute atomic E-state index is 11.4. The Morgan fingerprint density at radius 3 is 2.81 bits per heavy atom. The average molecular weight is 489 g/mol. The molecule has 1 aliphatic heterocycles. The molecule has 2 rings (SSSR count). The highest BCUT2D eigenvalue weighted by Crippen LogP contribution is 2.17. The predicted molar refractivity (Wildman–Crippen MR) is 118 cm³/mol. The monoisotopic (exact) mass is 489 g/mol. The SMILES string of the molecule is CCOC(=O)CCCNC(=NC)N1CCC(COCc2ccccc2)C1.I. The van der Waals surface area contributed by atoms with Crippen molar-refractivity contribution in [2.75, 3.05) is 39.9 Å². The van der Waals surface area contributed by atoms with Crippen molar-refractivity contribution in [3.05, 3.63) is 35.9 Å². The second-order valence-corrected chi connectivity index (χ2v) is 6.48. The second kappa shape index (κ2) is 13.8. The number of aliphatic imine (C=N–C) groups is 1. The van der Waals surface area contributed by atoms with E-state index in [9.17, 15) is 4.79 Å². The van der Waals surface area contributed by atoms with Crippen molar-refractivity contribution in [1.29, 1.82) is 0 Å². The molecule has 0 spiro atoms. The molecule has 1 aromatic carbocycles. The molecule has 1 fully saturated rings. The van der Waals surface area contributed by atoms with Gasteiger partial charge in [-0.3, -0.25) is 9.79 Å². The van der Waals surface area contributed by atoms with Crippen LogP contribution < -0.4 is 5.32 Å². The van der Waals surface area contributed by atoms with E-state index in [0.29, 0.717) is 25.6 Å². The predicted octanol–water partition coefficient (Wildman–Crippen LogP) is 3.06. The highest BCUT2D eigenvalue weighted by Gasteiger charge is 2.24. The minimum Gasteiger partial charge on any atom is -0.466 e. The molecule has 6 nitrogen and oxygen atoms in total. The van der Waals surface area contributed by atoms with Gasteiger partial charge in [-0.15, -0.1) is 24.0 Å². The first kappa shape index (κ1) is 23.7. The van der Waals surface area contributed by atoms with Crippen LogP contribution in [0.25, 0.3) is 0 Å². The van der Waals surface area contributed by atoms with E-state index in [1.165, 1.54) is 5.56 Å². The van der Waals surface area contributed by atoms with Crippen LogP contribution in [-0.4, -0.2) is 56.7 Å². The Hall–Kier alpha value is -1.35. The van der Waals surface area contributed by atoms with E-state index >= 15 is 0 Å². The van der Waals surface area contributed by atoms with Crippen LogP contribution >= 0.6 is 24.0 Å². The van der Waals surface area contributed by atoms with Crippen LogP contribution in [0.5, 0.6) is 0 Å². The van der Waals surface area contributed by atoms with Crippen LogP contribution in [0.3, 0.4) is 0 Å². The third-order valence-electron chi connectivity index (χ3n) is 4.41. The topological polar surface area (TPSA) is 63.2 Å². The zero-order chi connectivity index (χ0) is 18.6. The highest BCUT2D eigenvalue weighted by atomic mass is 127. The number of likely N-dealkylation sites (tertiary alicyclic amines) is 1. The van der Waals surface area contributed by atoms with Gasteiger partial charge in [0.25, 0.3) is 0 Å². The van der Waals surface area contributed by atoms with Crippen molar-refractivity contribution in [3.8, 4) is 0 Å². The van der Waals surface area contributed by atoms with Gasteiger partial charge in [-0.2, -0.15) is 0 Å². The Labute approximate surface area is 179 Å². The van der Waals surface area contributed by atoms with Gasteiger partial charge >= 0.3 is 5.97 Å². The van der Waals surface area contributed by atoms with Crippen LogP contribution in [0.4, 0.5) is 0 Å². The summed E-state index contributed by atoms with van der Waals surface area (Å²) in [4.78, 5) is 18.0. The number of carbonyl (C=O) groups is 1. The lowest BCUT2D eigenvalue weighted by molar-refractivity contribution is -0.143. The number of hydrogen-bond acceptors (Lipinski definition) is 4. The number of halogens is 1. The fourth-order valence-corrected chi connectivity index (χ4v) is 3.08. The van der Waals surface area contributed by atoms with Gasteiger partial charge in [0.05, 0.1) is 19.8 Å². The van der Waals surface area contributed by atoms with Gasteiger partial charge in [-0.1, -0.05) is 30.3 Å². The molecule has 152 valence electrons. The Kier molecular flexibility index (Phi) is 12.1. The zero-order valence-electron chi connectivity index (χ0n) is 16.4. The summed E-state index contributed by atoms with van der Waals surface area (Å²) in [5.41, 5.74) is 1.21. The van der Waals surface area contributed by atoms with E-state index in [1.54, 1.807) is 7.05 Å². The van der Waals surface area contributed by atoms with E-state index in [-0.39, 0.29) is 29.9 Å². The molecule has 27 heavy (non-hydrogen) atoms. The van der Waals surface area contributed by atoms with Gasteiger partial charge in [0, 0.05) is 39.0 Å². The van der Waals surface area contributed by atoms with E-state index < -0.39 is 0 Å². The standard InChI is InChI=1S/C20H31N3O3.HI/c1-3-26-19(24)10-7-12-22-20(21-2)23-13-11-18(14-23)16-25-15-17-8-5-4-6-9-17;/h4-6,8-9,18H,3,7,10-16H2,1-2H3,(H,21,22);1H. The first-order chi connectivity index (χ1) is 12.7. The fraction of sp³-hybridized carbons (Fsp3) is 0.600. The molecule has 1 aliphatic rings. The first-order valence-electron chi connectivity index (χ1n) is 9.45. The number of esters is 1. The summed E-state index contributed by atoms with van der Waals surface area (Å²) >= 11 is 0. The highest BCUT2D eigenvalue weighted by molar-refractivity contribution is 14.0. The normalized spacial score (nSPS) is 16.7. The van der Waals surface area contributed by atoms with Crippen LogP contribution in [-0.2, 0) is 20.9 Å². The number of rotatable bonds is 9. The molecule has 0 aromatic heterocycles. The lowest BCUT2D eigenvalue weighted by Gasteiger charge is -2.21. The molecule has 0 saturated carbocycles. The van der Waals surface area contributed by atoms with E-state index in [0.717, 1.165) is 45.0 Å². The molecule has 7 heteroatoms. The number of carbonyl (C=O) groups excluding carboxylic acids is 1. The largest absolute Gasteiger partial charge is 0.466 e. The third kappa shape index (κ3) is 8.92. The molecule has 1 saturated heterocycles. The quantitative estimate of drug-likeness (QED) is 0.190. The number of guanidine groups is 1. The molecule has 0 aliphatic carbocycles. The van der Waals surface area contributed by atoms with Gasteiger partial charge in [0.15, 0.2) is 5.96 Å². The summed E-state index contributed by atoms with van der Waals surface area (Å²) in [6.45, 7) is 6.35. The van der Waals surface area contributed by atoms with Gasteiger partial charge < -0.3 is 19.7 Å². The zero-order valence-corrected chi connectivity index (χ0v) is 18.7. The molecular formula is C20H32IN3O3. The second-order valence-electron chi connectivity index (χ2n) is 6.48. The molecule has 0 amide bonds. The van der Waals surface area contributed by atoms with Crippen molar-refractivity contribution in [3.63, 3.8) is 0 Å². The van der Waals surface area contributed by atoms with Crippen LogP contribution in [0.1, 0.15) is 31.7 Å². The van der Waals surface area contributed by atoms with Crippen molar-refractivity contribution in [2.24, 2.45) is 10.9 Å². The van der Waals surface area contributed by atoms with Gasteiger partial charge in [0.1, 0.15) is 0 Å². The molecule has 0 bridgehead atoms. The maximum Gasteiger partial charge on any atom is 0.305 e. The Balaban J connectivity index is 0.00000364. The molecule has 1 heterocycles. The van der Waals surface area contributed by atoms with Crippen LogP contribution in [0.2, 0.25) is 0 Å². The van der Waals surface area contributed by atoms with E-state index in [4.69, 9.17) is 9.47 Å². The fourth-order valence-electron chi connectivity index (χ4n) is 3.08. The summed E-state index contributed by atoms with van der Waals surface area (Å²) in [6.07, 6.45) is 2.29. The van der Waals surface area contributed by atoms with E-state index in [2.05, 4.69) is 27.3 Å². The number of nitrogens with one attached hydrogen (secondary N) is 1. The maximum atomic E-state index is 11.4. The molecule has 1 aromatic rings. The van der Waals surface area contributed by atoms with Crippen LogP contribution in [0.15, 0.2) is 35.3 Å². The lowest BCUT2D eigenvalue weighted by Crippen LogP contribution is -2.40. The van der Waals surface area contributed by atoms with Crippen molar-refractivity contribution < 1.29 is 14.3 Å². The number of ether oxygens (including phenoxy) is 2. The number of benzene rings is 1. The molecule has 1 N–H and O–H groups in total. The Morgan fingerprint density at radius 2 is 2.11 bits per heavy atom. The van der Waals surface area contributed by atoms with Crippen molar-refractivity contribution in [1.82, 2.24) is 10.2 Å². The summed E-state index contributed by atoms with van der Waals surface area (Å²) in [7, 11) is 1.80. The number of nitrogens with zero attached hydrogens (tertiary/aromatic N) is 2. The molecule has 1 atom stereocenters. The summed E-state index contributed by atoms with van der Waals surface area (Å²) < 4.78 is 10.8. The minimum atomic E-state index is -0.138. The Morgan fingerprint density at radius 1 is 1.33 bits per heavy atom. The molecule has 0 radical (unpaired) electrons. The number of hydrogen-bond donors (Lipinski definition) is 1. The van der Waals surface area contributed by atoms with Gasteiger partial charge in [-0.05, 0) is 25.3 Å². The van der Waals surface area contributed by atoms with Crippen LogP contribution in [0, 0.1) is 5.92 Å². The minimum absolute atomic E-state index is 0. The average Bonchev–Trinajstić information content (AvgIpc) is 3.11. The summed E-state index contributed by atoms with van der Waals surface area (Å²) in [6, 6.07) is 10.3. The van der Waals surface area contributed by atoms with Crippen molar-refractivity contribution >= 4 is 35.9 Å². The molecule has 1 unspecified atom stereocenters. The smallest absolute Gasteiger partial charge is 0.305 e. The first-order valence-corrected chi connectivity index (χ1v) is 9.45. The Bertz CT molecular complexity index is 569. The van der Waals surface area contributed by atoms with E-state index in [1.807, 2.05) is 25.1 Å². The molecular weight excluding hydrogens is 457 g/mol. The van der Waals surface area contributed by atoms with Gasteiger partial charge in [-0.25, -0.2) is 0 Å². The van der Waals surface area contributed by atoms with Gasteiger partial charge in [0.2, 0.25) is 0 Å². The summed E-state index contributed by atoms with van der Waals surface area (Å²) in [5.74, 6) is 1.29.